The molecule has 0 spiro atoms. The van der Waals surface area contributed by atoms with E-state index in [9.17, 15) is 9.59 Å². The topological polar surface area (TPSA) is 72.8 Å². The van der Waals surface area contributed by atoms with Gasteiger partial charge in [0.25, 0.3) is 0 Å². The monoisotopic (exact) mass is 320 g/mol. The van der Waals surface area contributed by atoms with E-state index in [0.29, 0.717) is 24.5 Å². The Bertz CT molecular complexity index is 536. The summed E-state index contributed by atoms with van der Waals surface area (Å²) in [4.78, 5) is 22.2. The summed E-state index contributed by atoms with van der Waals surface area (Å²) in [5, 5.41) is 9.04. The highest BCUT2D eigenvalue weighted by molar-refractivity contribution is 5.90. The van der Waals surface area contributed by atoms with Gasteiger partial charge in [-0.3, -0.25) is 0 Å². The lowest BCUT2D eigenvalue weighted by molar-refractivity contribution is -0.139. The van der Waals surface area contributed by atoms with Gasteiger partial charge in [-0.2, -0.15) is 0 Å². The lowest BCUT2D eigenvalue weighted by Gasteiger charge is -2.08. The van der Waals surface area contributed by atoms with Crippen molar-refractivity contribution in [1.82, 2.24) is 0 Å². The van der Waals surface area contributed by atoms with Crippen molar-refractivity contribution in [3.8, 4) is 5.75 Å². The maximum atomic E-state index is 11.1. The van der Waals surface area contributed by atoms with Gasteiger partial charge in [0.2, 0.25) is 0 Å². The standard InChI is InChI=1S/C18H24O5/c1-14(2)18(21)23-13-9-5-3-4-8-12-22-16-11-7-6-10-15(16)17(19)20/h6-7,10-11H,1,3-5,8-9,12-13H2,2H3,(H,19,20). The molecular weight excluding hydrogens is 296 g/mol. The highest BCUT2D eigenvalue weighted by Gasteiger charge is 2.09. The number of aromatic carboxylic acids is 1. The molecule has 0 radical (unpaired) electrons. The fourth-order valence-electron chi connectivity index (χ4n) is 1.97. The van der Waals surface area contributed by atoms with Crippen LogP contribution >= 0.6 is 0 Å². The predicted octanol–water partition coefficient (Wildman–Crippen LogP) is 3.83. The third-order valence-corrected chi connectivity index (χ3v) is 3.25. The van der Waals surface area contributed by atoms with Crippen LogP contribution in [-0.2, 0) is 9.53 Å². The Hall–Kier alpha value is -2.30. The number of carboxylic acids is 1. The van der Waals surface area contributed by atoms with Crippen LogP contribution in [0.15, 0.2) is 36.4 Å². The van der Waals surface area contributed by atoms with Crippen LogP contribution in [0.5, 0.6) is 5.75 Å². The van der Waals surface area contributed by atoms with Crippen LogP contribution in [0.3, 0.4) is 0 Å². The van der Waals surface area contributed by atoms with Gasteiger partial charge in [0, 0.05) is 5.57 Å². The Morgan fingerprint density at radius 2 is 1.65 bits per heavy atom. The van der Waals surface area contributed by atoms with E-state index >= 15 is 0 Å². The first-order chi connectivity index (χ1) is 11.0. The van der Waals surface area contributed by atoms with E-state index in [0.717, 1.165) is 32.1 Å². The molecule has 0 atom stereocenters. The quantitative estimate of drug-likeness (QED) is 0.381. The summed E-state index contributed by atoms with van der Waals surface area (Å²) < 4.78 is 10.5. The number of esters is 1. The van der Waals surface area contributed by atoms with E-state index in [-0.39, 0.29) is 11.5 Å². The number of ether oxygens (including phenoxy) is 2. The molecule has 126 valence electrons. The summed E-state index contributed by atoms with van der Waals surface area (Å²) in [6.45, 7) is 6.07. The first-order valence-electron chi connectivity index (χ1n) is 7.80. The summed E-state index contributed by atoms with van der Waals surface area (Å²) in [5.41, 5.74) is 0.607. The predicted molar refractivity (Wildman–Crippen MR) is 87.8 cm³/mol. The molecule has 1 aromatic carbocycles. The molecule has 0 saturated carbocycles. The number of carboxylic acid groups (broad SMARTS) is 1. The molecule has 0 bridgehead atoms. The third kappa shape index (κ3) is 7.49. The highest BCUT2D eigenvalue weighted by atomic mass is 16.5. The van der Waals surface area contributed by atoms with Crippen LogP contribution in [0.2, 0.25) is 0 Å². The molecule has 0 saturated heterocycles. The molecule has 0 aliphatic carbocycles. The number of carbonyl (C=O) groups excluding carboxylic acids is 1. The van der Waals surface area contributed by atoms with Gasteiger partial charge in [0.05, 0.1) is 13.2 Å². The maximum Gasteiger partial charge on any atom is 0.339 e. The maximum absolute atomic E-state index is 11.1. The van der Waals surface area contributed by atoms with E-state index in [1.165, 1.54) is 6.07 Å². The molecular formula is C18H24O5. The van der Waals surface area contributed by atoms with E-state index in [1.54, 1.807) is 25.1 Å². The minimum absolute atomic E-state index is 0.187. The number of benzene rings is 1. The average Bonchev–Trinajstić information content (AvgIpc) is 2.53. The first-order valence-corrected chi connectivity index (χ1v) is 7.80. The largest absolute Gasteiger partial charge is 0.493 e. The average molecular weight is 320 g/mol. The molecule has 0 fully saturated rings. The SMILES string of the molecule is C=C(C)C(=O)OCCCCCCCOc1ccccc1C(=O)O. The molecule has 0 aliphatic rings. The second-order valence-electron chi connectivity index (χ2n) is 5.33. The van der Waals surface area contributed by atoms with Crippen molar-refractivity contribution in [3.63, 3.8) is 0 Å². The summed E-state index contributed by atoms with van der Waals surface area (Å²) >= 11 is 0. The second kappa shape index (κ2) is 10.4. The first kappa shape index (κ1) is 18.7. The van der Waals surface area contributed by atoms with Crippen LogP contribution in [-0.4, -0.2) is 30.3 Å². The van der Waals surface area contributed by atoms with E-state index in [2.05, 4.69) is 6.58 Å². The Morgan fingerprint density at radius 3 is 2.30 bits per heavy atom. The lowest BCUT2D eigenvalue weighted by atomic mass is 10.1. The summed E-state index contributed by atoms with van der Waals surface area (Å²) in [6.07, 6.45) is 4.69. The molecule has 5 nitrogen and oxygen atoms in total. The van der Waals surface area contributed by atoms with E-state index in [1.807, 2.05) is 0 Å². The molecule has 5 heteroatoms. The molecule has 0 aromatic heterocycles. The molecule has 0 heterocycles. The molecule has 0 unspecified atom stereocenters. The fraction of sp³-hybridized carbons (Fsp3) is 0.444. The van der Waals surface area contributed by atoms with Gasteiger partial charge in [-0.05, 0) is 31.9 Å². The van der Waals surface area contributed by atoms with Crippen molar-refractivity contribution < 1.29 is 24.2 Å². The van der Waals surface area contributed by atoms with Gasteiger partial charge in [0.15, 0.2) is 0 Å². The van der Waals surface area contributed by atoms with Crippen molar-refractivity contribution in [2.45, 2.75) is 39.0 Å². The van der Waals surface area contributed by atoms with Gasteiger partial charge in [-0.25, -0.2) is 9.59 Å². The Balaban J connectivity index is 2.07. The molecule has 1 aromatic rings. The zero-order chi connectivity index (χ0) is 17.1. The number of para-hydroxylation sites is 1. The molecule has 1 rings (SSSR count). The minimum Gasteiger partial charge on any atom is -0.493 e. The van der Waals surface area contributed by atoms with Crippen molar-refractivity contribution in [2.75, 3.05) is 13.2 Å². The van der Waals surface area contributed by atoms with Crippen molar-refractivity contribution in [2.24, 2.45) is 0 Å². The zero-order valence-electron chi connectivity index (χ0n) is 13.5. The van der Waals surface area contributed by atoms with E-state index < -0.39 is 5.97 Å². The highest BCUT2D eigenvalue weighted by Crippen LogP contribution is 2.18. The molecule has 1 N–H and O–H groups in total. The number of rotatable bonds is 11. The number of hydrogen-bond acceptors (Lipinski definition) is 4. The second-order valence-corrected chi connectivity index (χ2v) is 5.33. The Kier molecular flexibility index (Phi) is 8.50. The Labute approximate surface area is 136 Å². The normalized spacial score (nSPS) is 10.1. The van der Waals surface area contributed by atoms with Gasteiger partial charge in [-0.1, -0.05) is 38.0 Å². The Morgan fingerprint density at radius 1 is 1.04 bits per heavy atom. The van der Waals surface area contributed by atoms with Crippen LogP contribution in [0.25, 0.3) is 0 Å². The van der Waals surface area contributed by atoms with Crippen molar-refractivity contribution >= 4 is 11.9 Å². The minimum atomic E-state index is -0.982. The lowest BCUT2D eigenvalue weighted by Crippen LogP contribution is -2.06. The van der Waals surface area contributed by atoms with E-state index in [4.69, 9.17) is 14.6 Å². The molecule has 0 amide bonds. The van der Waals surface area contributed by atoms with Crippen LogP contribution in [0, 0.1) is 0 Å². The third-order valence-electron chi connectivity index (χ3n) is 3.25. The van der Waals surface area contributed by atoms with Crippen LogP contribution < -0.4 is 4.74 Å². The molecule has 0 aliphatic heterocycles. The number of hydrogen-bond donors (Lipinski definition) is 1. The van der Waals surface area contributed by atoms with Gasteiger partial charge < -0.3 is 14.6 Å². The zero-order valence-corrected chi connectivity index (χ0v) is 13.5. The van der Waals surface area contributed by atoms with Crippen LogP contribution in [0.4, 0.5) is 0 Å². The van der Waals surface area contributed by atoms with Crippen molar-refractivity contribution in [1.29, 1.82) is 0 Å². The molecule has 23 heavy (non-hydrogen) atoms. The van der Waals surface area contributed by atoms with Crippen LogP contribution in [0.1, 0.15) is 49.4 Å². The summed E-state index contributed by atoms with van der Waals surface area (Å²) in [6, 6.07) is 6.63. The summed E-state index contributed by atoms with van der Waals surface area (Å²) in [7, 11) is 0. The smallest absolute Gasteiger partial charge is 0.339 e. The van der Waals surface area contributed by atoms with Crippen molar-refractivity contribution in [3.05, 3.63) is 42.0 Å². The summed E-state index contributed by atoms with van der Waals surface area (Å²) in [5.74, 6) is -0.910. The van der Waals surface area contributed by atoms with Gasteiger partial charge >= 0.3 is 11.9 Å². The number of carbonyl (C=O) groups is 2. The number of unbranched alkanes of at least 4 members (excludes halogenated alkanes) is 4. The van der Waals surface area contributed by atoms with Gasteiger partial charge in [-0.15, -0.1) is 0 Å². The van der Waals surface area contributed by atoms with Gasteiger partial charge in [0.1, 0.15) is 11.3 Å². The fourth-order valence-corrected chi connectivity index (χ4v) is 1.97.